The molecule has 2 heterocycles. The van der Waals surface area contributed by atoms with E-state index in [1.54, 1.807) is 11.1 Å². The Morgan fingerprint density at radius 3 is 2.53 bits per heavy atom. The normalized spacial score (nSPS) is 24.1. The fourth-order valence-electron chi connectivity index (χ4n) is 9.90. The Labute approximate surface area is 288 Å². The van der Waals surface area contributed by atoms with Gasteiger partial charge >= 0.3 is 0 Å². The van der Waals surface area contributed by atoms with E-state index in [4.69, 9.17) is 0 Å². The second-order valence-corrected chi connectivity index (χ2v) is 14.9. The van der Waals surface area contributed by atoms with Gasteiger partial charge in [-0.15, -0.1) is 0 Å². The summed E-state index contributed by atoms with van der Waals surface area (Å²) in [6.45, 7) is 4.83. The van der Waals surface area contributed by atoms with Gasteiger partial charge in [-0.3, -0.25) is 0 Å². The lowest BCUT2D eigenvalue weighted by atomic mass is 9.75. The maximum atomic E-state index is 10.5. The maximum Gasteiger partial charge on any atom is 0.101 e. The van der Waals surface area contributed by atoms with Gasteiger partial charge < -0.3 is 9.47 Å². The molecule has 6 aliphatic rings. The van der Waals surface area contributed by atoms with E-state index in [0.29, 0.717) is 17.5 Å². The van der Waals surface area contributed by atoms with Crippen molar-refractivity contribution in [3.8, 4) is 11.8 Å². The van der Waals surface area contributed by atoms with Gasteiger partial charge in [-0.05, 0) is 107 Å². The molecule has 3 aromatic carbocycles. The molecule has 238 valence electrons. The second kappa shape index (κ2) is 10.6. The van der Waals surface area contributed by atoms with Crippen molar-refractivity contribution in [2.45, 2.75) is 64.0 Å². The molecule has 3 unspecified atom stereocenters. The smallest absolute Gasteiger partial charge is 0.101 e. The van der Waals surface area contributed by atoms with Crippen molar-refractivity contribution in [1.82, 2.24) is 4.57 Å². The van der Waals surface area contributed by atoms with Crippen LogP contribution in [0.2, 0.25) is 0 Å². The van der Waals surface area contributed by atoms with E-state index in [1.165, 1.54) is 50.1 Å². The van der Waals surface area contributed by atoms with Gasteiger partial charge in [0.2, 0.25) is 0 Å². The number of aromatic nitrogens is 1. The molecule has 3 nitrogen and oxygen atoms in total. The van der Waals surface area contributed by atoms with Crippen molar-refractivity contribution in [3.05, 3.63) is 166 Å². The first kappa shape index (κ1) is 28.7. The lowest BCUT2D eigenvalue weighted by Gasteiger charge is -2.40. The van der Waals surface area contributed by atoms with Crippen molar-refractivity contribution in [2.75, 3.05) is 4.90 Å². The Balaban J connectivity index is 1.01. The minimum absolute atomic E-state index is 0.0338. The molecular weight excluding hydrogens is 595 g/mol. The number of allylic oxidation sites excluding steroid dienone is 8. The number of aryl methyl sites for hydroxylation is 1. The molecular formula is C46H39N3. The minimum Gasteiger partial charge on any atom is -0.357 e. The summed E-state index contributed by atoms with van der Waals surface area (Å²) < 4.78 is 2.29. The zero-order chi connectivity index (χ0) is 32.9. The Kier molecular flexibility index (Phi) is 6.19. The fourth-order valence-corrected chi connectivity index (χ4v) is 9.90. The predicted molar refractivity (Wildman–Crippen MR) is 202 cm³/mol. The number of nitriles is 1. The monoisotopic (exact) mass is 633 g/mol. The summed E-state index contributed by atoms with van der Waals surface area (Å²) in [6, 6.07) is 27.3. The molecule has 3 atom stereocenters. The molecule has 4 aromatic rings. The topological polar surface area (TPSA) is 32.0 Å². The fraction of sp³-hybridized carbons (Fsp3) is 0.239. The third-order valence-electron chi connectivity index (χ3n) is 12.1. The van der Waals surface area contributed by atoms with Crippen molar-refractivity contribution in [2.24, 2.45) is 5.41 Å². The maximum absolute atomic E-state index is 10.5. The molecule has 0 saturated heterocycles. The molecule has 10 rings (SSSR count). The minimum atomic E-state index is 0.0338. The highest BCUT2D eigenvalue weighted by Crippen LogP contribution is 2.59. The highest BCUT2D eigenvalue weighted by molar-refractivity contribution is 5.91. The lowest BCUT2D eigenvalue weighted by Crippen LogP contribution is -2.44. The van der Waals surface area contributed by atoms with Crippen LogP contribution in [0.4, 0.5) is 5.69 Å². The molecule has 0 radical (unpaired) electrons. The number of rotatable bonds is 3. The van der Waals surface area contributed by atoms with Gasteiger partial charge in [0.25, 0.3) is 0 Å². The molecule has 5 aliphatic carbocycles. The Bertz CT molecular complexity index is 2370. The van der Waals surface area contributed by atoms with Crippen LogP contribution in [0.25, 0.3) is 28.2 Å². The summed E-state index contributed by atoms with van der Waals surface area (Å²) in [6.07, 6.45) is 26.6. The van der Waals surface area contributed by atoms with E-state index in [2.05, 4.69) is 151 Å². The first-order chi connectivity index (χ1) is 24.0. The van der Waals surface area contributed by atoms with Crippen LogP contribution < -0.4 is 4.90 Å². The Morgan fingerprint density at radius 1 is 0.816 bits per heavy atom. The van der Waals surface area contributed by atoms with E-state index in [9.17, 15) is 5.26 Å². The molecule has 0 N–H and O–H groups in total. The molecule has 1 aromatic heterocycles. The second-order valence-electron chi connectivity index (χ2n) is 14.9. The van der Waals surface area contributed by atoms with Gasteiger partial charge in [0.15, 0.2) is 0 Å². The third kappa shape index (κ3) is 4.01. The first-order valence-electron chi connectivity index (χ1n) is 18.0. The SMILES string of the molecule is CC1(C)C2=C(CCC=C2)C2=C1C=CC1c3ccccc3N(C3C=CC(c4ccc(-n5c6c(c7ccccc75)CCC=C6)c(C#N)c4)=CC3)C21. The predicted octanol–water partition coefficient (Wildman–Crippen LogP) is 10.7. The molecule has 0 fully saturated rings. The number of benzene rings is 3. The van der Waals surface area contributed by atoms with Crippen molar-refractivity contribution < 1.29 is 0 Å². The van der Waals surface area contributed by atoms with Crippen LogP contribution in [0.1, 0.15) is 73.4 Å². The summed E-state index contributed by atoms with van der Waals surface area (Å²) in [4.78, 5) is 2.74. The summed E-state index contributed by atoms with van der Waals surface area (Å²) in [5.74, 6) is 0.360. The number of hydrogen-bond acceptors (Lipinski definition) is 2. The number of hydrogen-bond donors (Lipinski definition) is 0. The summed E-state index contributed by atoms with van der Waals surface area (Å²) in [5.41, 5.74) is 16.7. The first-order valence-corrected chi connectivity index (χ1v) is 18.0. The lowest BCUT2D eigenvalue weighted by molar-refractivity contribution is 0.551. The zero-order valence-corrected chi connectivity index (χ0v) is 28.2. The van der Waals surface area contributed by atoms with Gasteiger partial charge in [-0.2, -0.15) is 5.26 Å². The average Bonchev–Trinajstić information content (AvgIpc) is 3.75. The highest BCUT2D eigenvalue weighted by Gasteiger charge is 2.50. The van der Waals surface area contributed by atoms with Gasteiger partial charge in [-0.1, -0.05) is 105 Å². The van der Waals surface area contributed by atoms with Gasteiger partial charge in [-0.25, -0.2) is 0 Å². The molecule has 0 spiro atoms. The van der Waals surface area contributed by atoms with E-state index in [1.807, 2.05) is 0 Å². The number of para-hydroxylation sites is 2. The van der Waals surface area contributed by atoms with Crippen LogP contribution in [0, 0.1) is 16.7 Å². The number of nitrogens with zero attached hydrogens (tertiary/aromatic N) is 3. The van der Waals surface area contributed by atoms with Crippen LogP contribution in [-0.4, -0.2) is 16.7 Å². The van der Waals surface area contributed by atoms with E-state index in [0.717, 1.165) is 43.4 Å². The standard InChI is InChI=1S/C46H39N3/c1-46(2)38-15-7-3-14-37(38)44-39(46)25-24-36-35-13-6-8-16-41(35)48(45(36)44)32-22-19-29(20-23-32)30-21-26-40(31(27-30)28-47)49-42-17-9-4-11-33(42)34-12-5-10-18-43(34)49/h4,6-11,13,15-22,24-27,32,36,45H,3,5,12,14,23H2,1-2H3. The molecule has 0 bridgehead atoms. The van der Waals surface area contributed by atoms with Gasteiger partial charge in [0, 0.05) is 28.1 Å². The summed E-state index contributed by atoms with van der Waals surface area (Å²) in [7, 11) is 0. The summed E-state index contributed by atoms with van der Waals surface area (Å²) >= 11 is 0. The highest BCUT2D eigenvalue weighted by atomic mass is 15.2. The van der Waals surface area contributed by atoms with Crippen LogP contribution in [0.3, 0.4) is 0 Å². The molecule has 3 heteroatoms. The van der Waals surface area contributed by atoms with Crippen LogP contribution in [-0.2, 0) is 6.42 Å². The van der Waals surface area contributed by atoms with Crippen molar-refractivity contribution in [3.63, 3.8) is 0 Å². The van der Waals surface area contributed by atoms with Crippen LogP contribution >= 0.6 is 0 Å². The molecule has 1 aliphatic heterocycles. The Morgan fingerprint density at radius 2 is 1.65 bits per heavy atom. The van der Waals surface area contributed by atoms with E-state index < -0.39 is 0 Å². The van der Waals surface area contributed by atoms with Gasteiger partial charge in [0.05, 0.1) is 28.9 Å². The van der Waals surface area contributed by atoms with Crippen LogP contribution in [0.15, 0.2) is 138 Å². The van der Waals surface area contributed by atoms with Crippen LogP contribution in [0.5, 0.6) is 0 Å². The van der Waals surface area contributed by atoms with E-state index >= 15 is 0 Å². The Hall–Kier alpha value is -5.33. The quantitative estimate of drug-likeness (QED) is 0.225. The van der Waals surface area contributed by atoms with Gasteiger partial charge in [0.1, 0.15) is 6.07 Å². The summed E-state index contributed by atoms with van der Waals surface area (Å²) in [5, 5.41) is 11.7. The third-order valence-corrected chi connectivity index (χ3v) is 12.1. The number of anilines is 1. The van der Waals surface area contributed by atoms with Crippen molar-refractivity contribution in [1.29, 1.82) is 5.26 Å². The molecule has 0 amide bonds. The molecule has 0 saturated carbocycles. The number of fused-ring (bicyclic) bond motifs is 8. The zero-order valence-electron chi connectivity index (χ0n) is 28.2. The largest absolute Gasteiger partial charge is 0.357 e. The van der Waals surface area contributed by atoms with Crippen molar-refractivity contribution >= 4 is 28.2 Å². The van der Waals surface area contributed by atoms with E-state index in [-0.39, 0.29) is 11.5 Å². The molecule has 49 heavy (non-hydrogen) atoms. The average molecular weight is 634 g/mol.